The minimum absolute atomic E-state index is 0.0256. The van der Waals surface area contributed by atoms with E-state index >= 15 is 0 Å². The second kappa shape index (κ2) is 7.45. The number of ether oxygens (including phenoxy) is 1. The molecule has 1 heterocycles. The number of methoxy groups -OCH3 is 1. The van der Waals surface area contributed by atoms with Crippen LogP contribution in [-0.2, 0) is 13.0 Å². The maximum absolute atomic E-state index is 12.3. The van der Waals surface area contributed by atoms with Crippen LogP contribution >= 0.6 is 27.3 Å². The minimum atomic E-state index is -0.165. The molecule has 0 aliphatic heterocycles. The zero-order valence-electron chi connectivity index (χ0n) is 14.0. The molecule has 0 amide bonds. The van der Waals surface area contributed by atoms with E-state index < -0.39 is 0 Å². The summed E-state index contributed by atoms with van der Waals surface area (Å²) >= 11 is 4.52. The highest BCUT2D eigenvalue weighted by atomic mass is 79.9. The molecule has 0 atom stereocenters. The van der Waals surface area contributed by atoms with Gasteiger partial charge in [0.2, 0.25) is 5.88 Å². The molecule has 6 heteroatoms. The van der Waals surface area contributed by atoms with E-state index in [0.29, 0.717) is 17.8 Å². The van der Waals surface area contributed by atoms with Gasteiger partial charge in [-0.05, 0) is 30.7 Å². The van der Waals surface area contributed by atoms with Crippen molar-refractivity contribution in [3.63, 3.8) is 0 Å². The van der Waals surface area contributed by atoms with E-state index in [1.165, 1.54) is 4.57 Å². The molecule has 0 aliphatic carbocycles. The van der Waals surface area contributed by atoms with Crippen LogP contribution in [0.15, 0.2) is 51.7 Å². The summed E-state index contributed by atoms with van der Waals surface area (Å²) in [5.41, 5.74) is 3.05. The lowest BCUT2D eigenvalue weighted by atomic mass is 10.1. The van der Waals surface area contributed by atoms with Crippen LogP contribution in [0, 0.1) is 6.92 Å². The molecule has 130 valence electrons. The summed E-state index contributed by atoms with van der Waals surface area (Å²) in [4.78, 5) is 12.8. The maximum atomic E-state index is 12.3. The number of halogens is 1. The Morgan fingerprint density at radius 1 is 1.20 bits per heavy atom. The lowest BCUT2D eigenvalue weighted by molar-refractivity contribution is 0.407. The summed E-state index contributed by atoms with van der Waals surface area (Å²) < 4.78 is 7.71. The first-order chi connectivity index (χ1) is 12.0. The number of hydrogen-bond donors (Lipinski definition) is 1. The third-order valence-electron chi connectivity index (χ3n) is 3.99. The van der Waals surface area contributed by atoms with Gasteiger partial charge < -0.3 is 9.84 Å². The van der Waals surface area contributed by atoms with E-state index in [9.17, 15) is 9.90 Å². The Kier molecular flexibility index (Phi) is 5.30. The van der Waals surface area contributed by atoms with Gasteiger partial charge in [-0.1, -0.05) is 57.1 Å². The quantitative estimate of drug-likeness (QED) is 0.669. The van der Waals surface area contributed by atoms with Crippen LogP contribution in [-0.4, -0.2) is 16.8 Å². The number of benzene rings is 2. The van der Waals surface area contributed by atoms with Crippen molar-refractivity contribution < 1.29 is 9.84 Å². The zero-order valence-corrected chi connectivity index (χ0v) is 16.4. The highest BCUT2D eigenvalue weighted by Crippen LogP contribution is 2.30. The summed E-state index contributed by atoms with van der Waals surface area (Å²) in [6.07, 6.45) is 0.440. The number of aromatic nitrogens is 1. The molecule has 3 aromatic rings. The molecule has 0 spiro atoms. The molecule has 1 aromatic heterocycles. The molecule has 0 saturated carbocycles. The topological polar surface area (TPSA) is 51.5 Å². The van der Waals surface area contributed by atoms with E-state index in [0.717, 1.165) is 38.2 Å². The lowest BCUT2D eigenvalue weighted by Gasteiger charge is -2.09. The zero-order chi connectivity index (χ0) is 18.0. The van der Waals surface area contributed by atoms with Gasteiger partial charge in [-0.15, -0.1) is 0 Å². The van der Waals surface area contributed by atoms with Gasteiger partial charge >= 0.3 is 4.87 Å². The Morgan fingerprint density at radius 3 is 2.60 bits per heavy atom. The van der Waals surface area contributed by atoms with Crippen LogP contribution in [0.4, 0.5) is 0 Å². The van der Waals surface area contributed by atoms with Crippen LogP contribution in [0.5, 0.6) is 11.6 Å². The second-order valence-corrected chi connectivity index (χ2v) is 7.78. The Balaban J connectivity index is 1.91. The molecule has 1 N–H and O–H groups in total. The minimum Gasteiger partial charge on any atom is -0.496 e. The summed E-state index contributed by atoms with van der Waals surface area (Å²) in [5, 5.41) is 10.5. The van der Waals surface area contributed by atoms with Crippen LogP contribution in [0.25, 0.3) is 0 Å². The summed E-state index contributed by atoms with van der Waals surface area (Å²) in [6.45, 7) is 2.37. The standard InChI is InChI=1S/C19H18BrNO3S/c1-12-3-5-13(6-4-12)11-21-18(22)17(25-19(21)23)10-14-9-15(20)7-8-16(14)24-2/h3-9,22H,10-11H2,1-2H3. The Bertz CT molecular complexity index is 944. The normalized spacial score (nSPS) is 10.8. The van der Waals surface area contributed by atoms with Gasteiger partial charge in [0.15, 0.2) is 0 Å². The molecule has 0 fully saturated rings. The van der Waals surface area contributed by atoms with Crippen molar-refractivity contribution in [2.45, 2.75) is 19.9 Å². The molecule has 2 aromatic carbocycles. The van der Waals surface area contributed by atoms with Crippen molar-refractivity contribution >= 4 is 27.3 Å². The van der Waals surface area contributed by atoms with Gasteiger partial charge in [0.25, 0.3) is 0 Å². The molecular formula is C19H18BrNO3S. The number of rotatable bonds is 5. The third-order valence-corrected chi connectivity index (χ3v) is 5.45. The Hall–Kier alpha value is -2.05. The summed E-state index contributed by atoms with van der Waals surface area (Å²) in [6, 6.07) is 13.6. The van der Waals surface area contributed by atoms with Gasteiger partial charge in [-0.3, -0.25) is 9.36 Å². The summed E-state index contributed by atoms with van der Waals surface area (Å²) in [7, 11) is 1.61. The summed E-state index contributed by atoms with van der Waals surface area (Å²) in [5.74, 6) is 0.756. The Morgan fingerprint density at radius 2 is 1.92 bits per heavy atom. The maximum Gasteiger partial charge on any atom is 0.310 e. The van der Waals surface area contributed by atoms with Gasteiger partial charge in [0.05, 0.1) is 18.5 Å². The molecule has 0 bridgehead atoms. The number of nitrogens with zero attached hydrogens (tertiary/aromatic N) is 1. The monoisotopic (exact) mass is 419 g/mol. The smallest absolute Gasteiger partial charge is 0.310 e. The number of hydrogen-bond acceptors (Lipinski definition) is 4. The first-order valence-corrected chi connectivity index (χ1v) is 9.38. The van der Waals surface area contributed by atoms with E-state index in [1.807, 2.05) is 49.4 Å². The van der Waals surface area contributed by atoms with Gasteiger partial charge in [0, 0.05) is 16.5 Å². The fourth-order valence-corrected chi connectivity index (χ4v) is 3.94. The fraction of sp³-hybridized carbons (Fsp3) is 0.211. The molecule has 4 nitrogen and oxygen atoms in total. The molecule has 0 unspecified atom stereocenters. The molecular weight excluding hydrogens is 402 g/mol. The Labute approximate surface area is 158 Å². The first-order valence-electron chi connectivity index (χ1n) is 7.77. The fourth-order valence-electron chi connectivity index (χ4n) is 2.63. The highest BCUT2D eigenvalue weighted by molar-refractivity contribution is 9.10. The van der Waals surface area contributed by atoms with Crippen molar-refractivity contribution in [1.82, 2.24) is 4.57 Å². The molecule has 25 heavy (non-hydrogen) atoms. The van der Waals surface area contributed by atoms with Crippen molar-refractivity contribution in [3.05, 3.63) is 78.2 Å². The predicted octanol–water partition coefficient (Wildman–Crippen LogP) is 4.33. The molecule has 0 aliphatic rings. The highest BCUT2D eigenvalue weighted by Gasteiger charge is 2.16. The molecule has 0 radical (unpaired) electrons. The average Bonchev–Trinajstić information content (AvgIpc) is 2.84. The molecule has 3 rings (SSSR count). The third kappa shape index (κ3) is 3.96. The van der Waals surface area contributed by atoms with E-state index in [4.69, 9.17) is 4.74 Å². The first kappa shape index (κ1) is 17.8. The van der Waals surface area contributed by atoms with Gasteiger partial charge in [-0.25, -0.2) is 0 Å². The van der Waals surface area contributed by atoms with Crippen molar-refractivity contribution in [2.24, 2.45) is 0 Å². The number of thiazole rings is 1. The van der Waals surface area contributed by atoms with Crippen molar-refractivity contribution in [2.75, 3.05) is 7.11 Å². The van der Waals surface area contributed by atoms with Crippen LogP contribution in [0.3, 0.4) is 0 Å². The van der Waals surface area contributed by atoms with Crippen LogP contribution in [0.1, 0.15) is 21.6 Å². The predicted molar refractivity (Wildman–Crippen MR) is 104 cm³/mol. The van der Waals surface area contributed by atoms with Crippen LogP contribution in [0.2, 0.25) is 0 Å². The largest absolute Gasteiger partial charge is 0.496 e. The van der Waals surface area contributed by atoms with Crippen LogP contribution < -0.4 is 9.61 Å². The second-order valence-electron chi connectivity index (χ2n) is 5.82. The van der Waals surface area contributed by atoms with E-state index in [-0.39, 0.29) is 10.8 Å². The van der Waals surface area contributed by atoms with Gasteiger partial charge in [0.1, 0.15) is 5.75 Å². The molecule has 0 saturated heterocycles. The average molecular weight is 420 g/mol. The number of aromatic hydroxyl groups is 1. The lowest BCUT2D eigenvalue weighted by Crippen LogP contribution is -2.13. The number of aryl methyl sites for hydroxylation is 1. The van der Waals surface area contributed by atoms with E-state index in [1.54, 1.807) is 7.11 Å². The van der Waals surface area contributed by atoms with E-state index in [2.05, 4.69) is 15.9 Å². The van der Waals surface area contributed by atoms with Crippen molar-refractivity contribution in [3.8, 4) is 11.6 Å². The van der Waals surface area contributed by atoms with Crippen molar-refractivity contribution in [1.29, 1.82) is 0 Å². The van der Waals surface area contributed by atoms with Gasteiger partial charge in [-0.2, -0.15) is 0 Å². The SMILES string of the molecule is COc1ccc(Br)cc1Cc1sc(=O)n(Cc2ccc(C)cc2)c1O.